The Morgan fingerprint density at radius 3 is 2.32 bits per heavy atom. The van der Waals surface area contributed by atoms with E-state index in [1.54, 1.807) is 21.9 Å². The van der Waals surface area contributed by atoms with Crippen LogP contribution in [0.5, 0.6) is 0 Å². The van der Waals surface area contributed by atoms with Crippen molar-refractivity contribution in [1.29, 1.82) is 0 Å². The standard InChI is InChI=1S/C26H36N4O4/c1-16(2)13-20(27-25(33)18-7-9-19(10-8-18)28(3)4)26(34)29-12-11-21-24(29)22(31)15-30(21)23(32)14-17-5-6-17/h7-10,16-17,20-21,24H,5-6,11-15H2,1-4H3,(H,27,33)/t20?,21-,24+/m1/s1. The van der Waals surface area contributed by atoms with Gasteiger partial charge >= 0.3 is 0 Å². The molecule has 1 N–H and O–H groups in total. The Morgan fingerprint density at radius 2 is 1.74 bits per heavy atom. The average molecular weight is 469 g/mol. The van der Waals surface area contributed by atoms with Crippen LogP contribution in [-0.2, 0) is 14.4 Å². The molecule has 8 heteroatoms. The van der Waals surface area contributed by atoms with Gasteiger partial charge in [-0.1, -0.05) is 13.8 Å². The van der Waals surface area contributed by atoms with E-state index >= 15 is 0 Å². The predicted octanol–water partition coefficient (Wildman–Crippen LogP) is 2.08. The molecule has 3 aliphatic rings. The third-order valence-electron chi connectivity index (χ3n) is 7.14. The first-order chi connectivity index (χ1) is 16.2. The van der Waals surface area contributed by atoms with Gasteiger partial charge in [0.25, 0.3) is 5.91 Å². The van der Waals surface area contributed by atoms with E-state index in [2.05, 4.69) is 5.32 Å². The minimum atomic E-state index is -0.719. The maximum atomic E-state index is 13.6. The Hall–Kier alpha value is -2.90. The van der Waals surface area contributed by atoms with Crippen LogP contribution in [0.2, 0.25) is 0 Å². The highest BCUT2D eigenvalue weighted by molar-refractivity contribution is 6.01. The summed E-state index contributed by atoms with van der Waals surface area (Å²) in [5.41, 5.74) is 1.47. The van der Waals surface area contributed by atoms with Crippen molar-refractivity contribution in [3.8, 4) is 0 Å². The number of hydrogen-bond acceptors (Lipinski definition) is 5. The Bertz CT molecular complexity index is 954. The van der Waals surface area contributed by atoms with E-state index < -0.39 is 12.1 Å². The van der Waals surface area contributed by atoms with Crippen LogP contribution in [0.1, 0.15) is 56.3 Å². The first-order valence-electron chi connectivity index (χ1n) is 12.4. The largest absolute Gasteiger partial charge is 0.378 e. The van der Waals surface area contributed by atoms with Crippen LogP contribution in [0.3, 0.4) is 0 Å². The van der Waals surface area contributed by atoms with Gasteiger partial charge in [0.05, 0.1) is 12.6 Å². The summed E-state index contributed by atoms with van der Waals surface area (Å²) in [6.45, 7) is 4.52. The molecule has 2 aliphatic heterocycles. The maximum absolute atomic E-state index is 13.6. The normalized spacial score (nSPS) is 22.7. The predicted molar refractivity (Wildman–Crippen MR) is 129 cm³/mol. The third-order valence-corrected chi connectivity index (χ3v) is 7.14. The number of fused-ring (bicyclic) bond motifs is 1. The van der Waals surface area contributed by atoms with Gasteiger partial charge in [-0.15, -0.1) is 0 Å². The molecule has 0 radical (unpaired) electrons. The SMILES string of the molecule is CC(C)CC(NC(=O)c1ccc(N(C)C)cc1)C(=O)N1CC[C@@H]2[C@H]1C(=O)CN2C(=O)CC1CC1. The van der Waals surface area contributed by atoms with Gasteiger partial charge in [-0.25, -0.2) is 0 Å². The zero-order valence-electron chi connectivity index (χ0n) is 20.6. The minimum absolute atomic E-state index is 0.0332. The lowest BCUT2D eigenvalue weighted by atomic mass is 10.0. The highest BCUT2D eigenvalue weighted by Crippen LogP contribution is 2.36. The number of hydrogen-bond donors (Lipinski definition) is 1. The zero-order valence-corrected chi connectivity index (χ0v) is 20.6. The van der Waals surface area contributed by atoms with Crippen molar-refractivity contribution in [2.45, 2.75) is 64.1 Å². The summed E-state index contributed by atoms with van der Waals surface area (Å²) in [5.74, 6) is 0.0565. The monoisotopic (exact) mass is 468 g/mol. The highest BCUT2D eigenvalue weighted by atomic mass is 16.2. The molecule has 1 unspecified atom stereocenters. The molecule has 184 valence electrons. The number of Topliss-reactive ketones (excluding diaryl/α,β-unsaturated/α-hetero) is 1. The summed E-state index contributed by atoms with van der Waals surface area (Å²) < 4.78 is 0. The number of carbonyl (C=O) groups excluding carboxylic acids is 4. The summed E-state index contributed by atoms with van der Waals surface area (Å²) >= 11 is 0. The molecule has 0 spiro atoms. The fourth-order valence-corrected chi connectivity index (χ4v) is 5.12. The number of likely N-dealkylation sites (tertiary alicyclic amines) is 2. The van der Waals surface area contributed by atoms with Crippen molar-refractivity contribution < 1.29 is 19.2 Å². The number of amides is 3. The summed E-state index contributed by atoms with van der Waals surface area (Å²) in [7, 11) is 3.86. The number of nitrogens with one attached hydrogen (secondary N) is 1. The molecule has 2 heterocycles. The molecule has 3 fully saturated rings. The van der Waals surface area contributed by atoms with Gasteiger partial charge in [0.1, 0.15) is 12.1 Å². The van der Waals surface area contributed by atoms with E-state index in [0.717, 1.165) is 18.5 Å². The van der Waals surface area contributed by atoms with Crippen molar-refractivity contribution >= 4 is 29.2 Å². The van der Waals surface area contributed by atoms with Crippen molar-refractivity contribution in [2.24, 2.45) is 11.8 Å². The van der Waals surface area contributed by atoms with Crippen molar-refractivity contribution in [3.05, 3.63) is 29.8 Å². The Morgan fingerprint density at radius 1 is 1.06 bits per heavy atom. The summed E-state index contributed by atoms with van der Waals surface area (Å²) in [6, 6.07) is 5.67. The van der Waals surface area contributed by atoms with Crippen LogP contribution in [0.15, 0.2) is 24.3 Å². The van der Waals surface area contributed by atoms with E-state index in [1.165, 1.54) is 0 Å². The van der Waals surface area contributed by atoms with E-state index in [-0.39, 0.29) is 42.0 Å². The summed E-state index contributed by atoms with van der Waals surface area (Å²) in [4.78, 5) is 57.4. The maximum Gasteiger partial charge on any atom is 0.251 e. The molecular weight excluding hydrogens is 432 g/mol. The molecule has 1 aromatic rings. The number of anilines is 1. The molecule has 4 rings (SSSR count). The van der Waals surface area contributed by atoms with E-state index in [9.17, 15) is 19.2 Å². The molecule has 1 aromatic carbocycles. The lowest BCUT2D eigenvalue weighted by molar-refractivity contribution is -0.138. The van der Waals surface area contributed by atoms with Gasteiger partial charge in [-0.3, -0.25) is 19.2 Å². The molecule has 3 atom stereocenters. The first kappa shape index (κ1) is 24.2. The molecule has 8 nitrogen and oxygen atoms in total. The summed E-state index contributed by atoms with van der Waals surface area (Å²) in [6.07, 6.45) is 3.75. The lowest BCUT2D eigenvalue weighted by Gasteiger charge is -2.29. The number of rotatable bonds is 8. The second-order valence-corrected chi connectivity index (χ2v) is 10.6. The minimum Gasteiger partial charge on any atom is -0.378 e. The van der Waals surface area contributed by atoms with Gasteiger partial charge in [0.15, 0.2) is 5.78 Å². The molecule has 34 heavy (non-hydrogen) atoms. The quantitative estimate of drug-likeness (QED) is 0.631. The molecule has 3 amide bonds. The number of benzene rings is 1. The van der Waals surface area contributed by atoms with Gasteiger partial charge in [0, 0.05) is 38.3 Å². The zero-order chi connectivity index (χ0) is 24.6. The van der Waals surface area contributed by atoms with Crippen LogP contribution in [0.25, 0.3) is 0 Å². The van der Waals surface area contributed by atoms with E-state index in [4.69, 9.17) is 0 Å². The first-order valence-corrected chi connectivity index (χ1v) is 12.4. The Labute approximate surface area is 201 Å². The van der Waals surface area contributed by atoms with Gasteiger partial charge in [-0.05, 0) is 61.8 Å². The van der Waals surface area contributed by atoms with E-state index in [0.29, 0.717) is 37.3 Å². The van der Waals surface area contributed by atoms with Crippen molar-refractivity contribution in [3.63, 3.8) is 0 Å². The van der Waals surface area contributed by atoms with Crippen molar-refractivity contribution in [2.75, 3.05) is 32.1 Å². The van der Waals surface area contributed by atoms with Crippen molar-refractivity contribution in [1.82, 2.24) is 15.1 Å². The Kier molecular flexibility index (Phi) is 6.96. The molecule has 1 aliphatic carbocycles. The third kappa shape index (κ3) is 5.10. The van der Waals surface area contributed by atoms with Gasteiger partial charge in [-0.2, -0.15) is 0 Å². The average Bonchev–Trinajstić information content (AvgIpc) is 3.39. The number of nitrogens with zero attached hydrogens (tertiary/aromatic N) is 3. The van der Waals surface area contributed by atoms with Crippen LogP contribution < -0.4 is 10.2 Å². The van der Waals surface area contributed by atoms with Crippen LogP contribution in [0, 0.1) is 11.8 Å². The number of carbonyl (C=O) groups is 4. The molecular formula is C26H36N4O4. The second kappa shape index (κ2) is 9.76. The smallest absolute Gasteiger partial charge is 0.251 e. The second-order valence-electron chi connectivity index (χ2n) is 10.6. The Balaban J connectivity index is 1.46. The molecule has 0 aromatic heterocycles. The van der Waals surface area contributed by atoms with Crippen LogP contribution >= 0.6 is 0 Å². The van der Waals surface area contributed by atoms with Crippen LogP contribution in [0.4, 0.5) is 5.69 Å². The molecule has 2 saturated heterocycles. The topological polar surface area (TPSA) is 90.0 Å². The van der Waals surface area contributed by atoms with Crippen LogP contribution in [-0.4, -0.2) is 78.6 Å². The highest BCUT2D eigenvalue weighted by Gasteiger charge is 2.52. The van der Waals surface area contributed by atoms with Gasteiger partial charge in [0.2, 0.25) is 11.8 Å². The molecule has 0 bridgehead atoms. The molecule has 1 saturated carbocycles. The summed E-state index contributed by atoms with van der Waals surface area (Å²) in [5, 5.41) is 2.92. The fraction of sp³-hybridized carbons (Fsp3) is 0.615. The number of ketones is 1. The fourth-order valence-electron chi connectivity index (χ4n) is 5.12. The lowest BCUT2D eigenvalue weighted by Crippen LogP contribution is -2.53. The van der Waals surface area contributed by atoms with Gasteiger partial charge < -0.3 is 20.0 Å². The van der Waals surface area contributed by atoms with E-state index in [1.807, 2.05) is 45.0 Å².